The number of aromatic amines is 1. The number of hydrogen-bond acceptors (Lipinski definition) is 3. The first-order valence-electron chi connectivity index (χ1n) is 7.20. The molecule has 5 rings (SSSR count). The Kier molecular flexibility index (Phi) is 2.07. The molecule has 23 heavy (non-hydrogen) atoms. The van der Waals surface area contributed by atoms with Crippen LogP contribution in [-0.2, 0) is 0 Å². The largest absolute Gasteiger partial charge is 0.507 e. The molecule has 1 aliphatic heterocycles. The average Bonchev–Trinajstić information content (AvgIpc) is 3.06. The van der Waals surface area contributed by atoms with Crippen molar-refractivity contribution in [1.82, 2.24) is 10.3 Å². The van der Waals surface area contributed by atoms with Crippen molar-refractivity contribution in [3.63, 3.8) is 0 Å². The summed E-state index contributed by atoms with van der Waals surface area (Å²) in [5, 5.41) is 15.3. The third-order valence-corrected chi connectivity index (χ3v) is 4.45. The van der Waals surface area contributed by atoms with Crippen LogP contribution in [0.3, 0.4) is 0 Å². The molecule has 2 heterocycles. The molecular weight excluding hydrogens is 292 g/mol. The predicted octanol–water partition coefficient (Wildman–Crippen LogP) is 3.06. The Morgan fingerprint density at radius 3 is 2.30 bits per heavy atom. The van der Waals surface area contributed by atoms with E-state index in [1.807, 2.05) is 30.3 Å². The molecule has 0 unspecified atom stereocenters. The average molecular weight is 302 g/mol. The minimum Gasteiger partial charge on any atom is -0.507 e. The van der Waals surface area contributed by atoms with Crippen LogP contribution in [0, 0.1) is 0 Å². The molecule has 3 N–H and O–H groups in total. The zero-order chi connectivity index (χ0) is 15.7. The number of hydrogen-bond donors (Lipinski definition) is 3. The van der Waals surface area contributed by atoms with Gasteiger partial charge in [-0.25, -0.2) is 0 Å². The van der Waals surface area contributed by atoms with E-state index in [9.17, 15) is 14.7 Å². The van der Waals surface area contributed by atoms with Crippen LogP contribution < -0.4 is 5.32 Å². The van der Waals surface area contributed by atoms with Crippen molar-refractivity contribution in [2.45, 2.75) is 0 Å². The molecule has 0 saturated heterocycles. The van der Waals surface area contributed by atoms with E-state index in [1.165, 1.54) is 6.07 Å². The number of nitrogens with one attached hydrogen (secondary N) is 2. The molecule has 4 aromatic rings. The standard InChI is InChI=1S/C18H10N2O3/c21-11-7-3-5-9-12(11)14-15(18(23)20-17(14)22)13-8-4-1-2-6-10(8)19-16(9)13/h1-7,19,21H,(H,20,22,23). The van der Waals surface area contributed by atoms with Gasteiger partial charge in [0.05, 0.1) is 16.6 Å². The van der Waals surface area contributed by atoms with Gasteiger partial charge >= 0.3 is 0 Å². The van der Waals surface area contributed by atoms with E-state index >= 15 is 0 Å². The van der Waals surface area contributed by atoms with Crippen molar-refractivity contribution in [1.29, 1.82) is 0 Å². The monoisotopic (exact) mass is 302 g/mol. The molecule has 0 radical (unpaired) electrons. The number of fused-ring (bicyclic) bond motifs is 8. The van der Waals surface area contributed by atoms with Crippen molar-refractivity contribution in [3.05, 3.63) is 53.6 Å². The maximum absolute atomic E-state index is 12.4. The molecule has 0 bridgehead atoms. The lowest BCUT2D eigenvalue weighted by Gasteiger charge is -2.07. The van der Waals surface area contributed by atoms with Gasteiger partial charge in [0.2, 0.25) is 0 Å². The molecule has 3 aromatic carbocycles. The van der Waals surface area contributed by atoms with Crippen LogP contribution in [0.2, 0.25) is 0 Å². The topological polar surface area (TPSA) is 82.2 Å². The smallest absolute Gasteiger partial charge is 0.259 e. The number of imide groups is 1. The number of rotatable bonds is 0. The van der Waals surface area contributed by atoms with E-state index in [1.54, 1.807) is 6.07 Å². The van der Waals surface area contributed by atoms with E-state index in [-0.39, 0.29) is 11.3 Å². The third kappa shape index (κ3) is 1.36. The van der Waals surface area contributed by atoms with E-state index in [2.05, 4.69) is 10.3 Å². The first-order valence-corrected chi connectivity index (χ1v) is 7.20. The van der Waals surface area contributed by atoms with E-state index < -0.39 is 11.8 Å². The maximum Gasteiger partial charge on any atom is 0.259 e. The Morgan fingerprint density at radius 1 is 0.783 bits per heavy atom. The van der Waals surface area contributed by atoms with Gasteiger partial charge in [0.1, 0.15) is 5.75 Å². The predicted molar refractivity (Wildman–Crippen MR) is 86.8 cm³/mol. The summed E-state index contributed by atoms with van der Waals surface area (Å²) in [6, 6.07) is 12.7. The molecule has 1 aliphatic rings. The van der Waals surface area contributed by atoms with Crippen molar-refractivity contribution >= 4 is 44.4 Å². The summed E-state index contributed by atoms with van der Waals surface area (Å²) in [4.78, 5) is 28.0. The number of carbonyl (C=O) groups is 2. The Balaban J connectivity index is 2.21. The maximum atomic E-state index is 12.4. The zero-order valence-electron chi connectivity index (χ0n) is 11.8. The van der Waals surface area contributed by atoms with Crippen LogP contribution in [0.25, 0.3) is 32.6 Å². The van der Waals surface area contributed by atoms with E-state index in [4.69, 9.17) is 0 Å². The molecule has 0 saturated carbocycles. The van der Waals surface area contributed by atoms with Crippen molar-refractivity contribution in [2.75, 3.05) is 0 Å². The Labute approximate surface area is 129 Å². The van der Waals surface area contributed by atoms with Crippen molar-refractivity contribution < 1.29 is 14.7 Å². The lowest BCUT2D eigenvalue weighted by atomic mass is 9.94. The zero-order valence-corrected chi connectivity index (χ0v) is 11.8. The normalized spacial score (nSPS) is 13.9. The number of para-hydroxylation sites is 1. The second-order valence-corrected chi connectivity index (χ2v) is 5.65. The van der Waals surface area contributed by atoms with Crippen LogP contribution in [-0.4, -0.2) is 21.9 Å². The second-order valence-electron chi connectivity index (χ2n) is 5.65. The minimum absolute atomic E-state index is 0.0100. The molecule has 0 fully saturated rings. The number of amides is 2. The van der Waals surface area contributed by atoms with Crippen molar-refractivity contribution in [3.8, 4) is 5.75 Å². The number of aromatic hydroxyl groups is 1. The highest BCUT2D eigenvalue weighted by Gasteiger charge is 2.34. The van der Waals surface area contributed by atoms with Crippen LogP contribution in [0.5, 0.6) is 5.75 Å². The van der Waals surface area contributed by atoms with Gasteiger partial charge in [-0.15, -0.1) is 0 Å². The number of aromatic nitrogens is 1. The second kappa shape index (κ2) is 3.89. The number of phenolic OH excluding ortho intramolecular Hbond substituents is 1. The van der Waals surface area contributed by atoms with Crippen LogP contribution in [0.15, 0.2) is 42.5 Å². The molecule has 0 atom stereocenters. The molecule has 0 spiro atoms. The van der Waals surface area contributed by atoms with E-state index in [0.717, 1.165) is 27.2 Å². The van der Waals surface area contributed by atoms with Gasteiger partial charge in [-0.1, -0.05) is 30.3 Å². The molecular formula is C18H10N2O3. The summed E-state index contributed by atoms with van der Waals surface area (Å²) in [7, 11) is 0. The van der Waals surface area contributed by atoms with Crippen LogP contribution >= 0.6 is 0 Å². The van der Waals surface area contributed by atoms with Crippen molar-refractivity contribution in [2.24, 2.45) is 0 Å². The van der Waals surface area contributed by atoms with Gasteiger partial charge in [0, 0.05) is 27.1 Å². The van der Waals surface area contributed by atoms with Gasteiger partial charge in [-0.3, -0.25) is 14.9 Å². The Morgan fingerprint density at radius 2 is 1.48 bits per heavy atom. The molecule has 0 aliphatic carbocycles. The molecule has 2 amide bonds. The molecule has 110 valence electrons. The highest BCUT2D eigenvalue weighted by Crippen LogP contribution is 2.41. The lowest BCUT2D eigenvalue weighted by Crippen LogP contribution is -2.20. The SMILES string of the molecule is O=C1NC(=O)c2c1c1c(O)cccc1c1[nH]c3ccccc3c21. The van der Waals surface area contributed by atoms with Crippen LogP contribution in [0.1, 0.15) is 20.7 Å². The minimum atomic E-state index is -0.469. The Hall–Kier alpha value is -3.34. The number of benzene rings is 3. The van der Waals surface area contributed by atoms with Gasteiger partial charge in [0.15, 0.2) is 0 Å². The highest BCUT2D eigenvalue weighted by atomic mass is 16.3. The first-order chi connectivity index (χ1) is 11.2. The summed E-state index contributed by atoms with van der Waals surface area (Å²) in [5.41, 5.74) is 2.21. The fourth-order valence-corrected chi connectivity index (χ4v) is 3.55. The lowest BCUT2D eigenvalue weighted by molar-refractivity contribution is 0.0880. The number of carbonyl (C=O) groups excluding carboxylic acids is 2. The quantitative estimate of drug-likeness (QED) is 0.437. The summed E-state index contributed by atoms with van der Waals surface area (Å²) < 4.78 is 0. The summed E-state index contributed by atoms with van der Waals surface area (Å²) >= 11 is 0. The van der Waals surface area contributed by atoms with E-state index in [0.29, 0.717) is 10.9 Å². The third-order valence-electron chi connectivity index (χ3n) is 4.45. The van der Waals surface area contributed by atoms with Gasteiger partial charge in [-0.2, -0.15) is 0 Å². The van der Waals surface area contributed by atoms with Gasteiger partial charge in [0.25, 0.3) is 11.8 Å². The summed E-state index contributed by atoms with van der Waals surface area (Å²) in [6.07, 6.45) is 0. The Bertz CT molecular complexity index is 1190. The summed E-state index contributed by atoms with van der Waals surface area (Å²) in [5.74, 6) is -0.905. The molecule has 5 heteroatoms. The fraction of sp³-hybridized carbons (Fsp3) is 0. The molecule has 1 aromatic heterocycles. The fourth-order valence-electron chi connectivity index (χ4n) is 3.55. The van der Waals surface area contributed by atoms with Gasteiger partial charge < -0.3 is 10.1 Å². The molecule has 5 nitrogen and oxygen atoms in total. The van der Waals surface area contributed by atoms with Gasteiger partial charge in [-0.05, 0) is 12.1 Å². The summed E-state index contributed by atoms with van der Waals surface area (Å²) in [6.45, 7) is 0. The van der Waals surface area contributed by atoms with Crippen LogP contribution in [0.4, 0.5) is 0 Å². The number of H-pyrrole nitrogens is 1. The number of phenols is 1. The first kappa shape index (κ1) is 12.2. The highest BCUT2D eigenvalue weighted by molar-refractivity contribution is 6.37.